The topological polar surface area (TPSA) is 24.5 Å². The van der Waals surface area contributed by atoms with Gasteiger partial charge in [-0.2, -0.15) is 0 Å². The molecule has 0 heterocycles. The zero-order chi connectivity index (χ0) is 14.4. The third-order valence-electron chi connectivity index (χ3n) is 3.19. The molecule has 0 radical (unpaired) electrons. The number of hydrogen-bond acceptors (Lipinski definition) is 3. The Balaban J connectivity index is 2.91. The van der Waals surface area contributed by atoms with E-state index >= 15 is 0 Å². The largest absolute Gasteiger partial charge is 0.383 e. The number of benzene rings is 1. The average molecular weight is 285 g/mol. The first kappa shape index (κ1) is 16.3. The molecule has 1 aromatic rings. The van der Waals surface area contributed by atoms with Crippen LogP contribution < -0.4 is 10.2 Å². The lowest BCUT2D eigenvalue weighted by Gasteiger charge is -2.29. The summed E-state index contributed by atoms with van der Waals surface area (Å²) in [4.78, 5) is 2.23. The van der Waals surface area contributed by atoms with Gasteiger partial charge in [-0.25, -0.2) is 0 Å². The SMILES string of the molecule is COCC(C)N(C)c1ccc(Cl)cc1CNC(C)C. The molecule has 1 N–H and O–H groups in total. The first-order chi connectivity index (χ1) is 8.95. The van der Waals surface area contributed by atoms with Gasteiger partial charge in [-0.15, -0.1) is 0 Å². The minimum atomic E-state index is 0.323. The number of hydrogen-bond donors (Lipinski definition) is 1. The molecule has 3 nitrogen and oxygen atoms in total. The fraction of sp³-hybridized carbons (Fsp3) is 0.600. The van der Waals surface area contributed by atoms with Crippen LogP contribution in [0.3, 0.4) is 0 Å². The van der Waals surface area contributed by atoms with Crippen LogP contribution in [0.5, 0.6) is 0 Å². The highest BCUT2D eigenvalue weighted by atomic mass is 35.5. The average Bonchev–Trinajstić information content (AvgIpc) is 2.36. The van der Waals surface area contributed by atoms with Crippen LogP contribution in [0.1, 0.15) is 26.3 Å². The molecule has 0 saturated carbocycles. The van der Waals surface area contributed by atoms with Crippen molar-refractivity contribution in [3.05, 3.63) is 28.8 Å². The lowest BCUT2D eigenvalue weighted by molar-refractivity contribution is 0.183. The Labute approximate surface area is 121 Å². The molecular formula is C15H25ClN2O. The van der Waals surface area contributed by atoms with Gasteiger partial charge in [0, 0.05) is 43.5 Å². The molecule has 0 aromatic heterocycles. The molecule has 19 heavy (non-hydrogen) atoms. The Kier molecular flexibility index (Phi) is 6.63. The highest BCUT2D eigenvalue weighted by molar-refractivity contribution is 6.30. The van der Waals surface area contributed by atoms with Gasteiger partial charge in [0.1, 0.15) is 0 Å². The minimum absolute atomic E-state index is 0.323. The maximum atomic E-state index is 6.11. The van der Waals surface area contributed by atoms with Crippen molar-refractivity contribution in [2.24, 2.45) is 0 Å². The van der Waals surface area contributed by atoms with Gasteiger partial charge < -0.3 is 15.0 Å². The number of rotatable bonds is 7. The molecule has 1 unspecified atom stereocenters. The van der Waals surface area contributed by atoms with Crippen LogP contribution in [-0.2, 0) is 11.3 Å². The van der Waals surface area contributed by atoms with Crippen LogP contribution in [-0.4, -0.2) is 32.8 Å². The normalized spacial score (nSPS) is 12.8. The number of methoxy groups -OCH3 is 1. The summed E-state index contributed by atoms with van der Waals surface area (Å²) < 4.78 is 5.22. The maximum absolute atomic E-state index is 6.11. The summed E-state index contributed by atoms with van der Waals surface area (Å²) in [6.45, 7) is 7.95. The molecule has 108 valence electrons. The number of halogens is 1. The molecule has 0 spiro atoms. The zero-order valence-electron chi connectivity index (χ0n) is 12.5. The summed E-state index contributed by atoms with van der Waals surface area (Å²) >= 11 is 6.11. The van der Waals surface area contributed by atoms with Crippen LogP contribution in [0.25, 0.3) is 0 Å². The van der Waals surface area contributed by atoms with Crippen LogP contribution in [0, 0.1) is 0 Å². The second kappa shape index (κ2) is 7.73. The van der Waals surface area contributed by atoms with E-state index in [-0.39, 0.29) is 0 Å². The zero-order valence-corrected chi connectivity index (χ0v) is 13.3. The molecule has 0 fully saturated rings. The Morgan fingerprint density at radius 1 is 1.32 bits per heavy atom. The molecule has 1 rings (SSSR count). The summed E-state index contributed by atoms with van der Waals surface area (Å²) in [6.07, 6.45) is 0. The number of nitrogens with zero attached hydrogens (tertiary/aromatic N) is 1. The van der Waals surface area contributed by atoms with E-state index in [4.69, 9.17) is 16.3 Å². The molecule has 0 aliphatic heterocycles. The number of ether oxygens (including phenoxy) is 1. The van der Waals surface area contributed by atoms with E-state index in [0.29, 0.717) is 18.7 Å². The predicted octanol–water partition coefficient (Wildman–Crippen LogP) is 3.31. The lowest BCUT2D eigenvalue weighted by Crippen LogP contribution is -2.34. The molecule has 0 aliphatic rings. The van der Waals surface area contributed by atoms with Crippen LogP contribution in [0.4, 0.5) is 5.69 Å². The quantitative estimate of drug-likeness (QED) is 0.831. The summed E-state index contributed by atoms with van der Waals surface area (Å²) in [5.74, 6) is 0. The van der Waals surface area contributed by atoms with Gasteiger partial charge in [0.05, 0.1) is 6.61 Å². The van der Waals surface area contributed by atoms with Crippen molar-refractivity contribution in [3.63, 3.8) is 0 Å². The molecule has 1 atom stereocenters. The summed E-state index contributed by atoms with van der Waals surface area (Å²) in [6, 6.07) is 6.82. The van der Waals surface area contributed by atoms with E-state index in [9.17, 15) is 0 Å². The highest BCUT2D eigenvalue weighted by Crippen LogP contribution is 2.25. The minimum Gasteiger partial charge on any atom is -0.383 e. The van der Waals surface area contributed by atoms with Crippen molar-refractivity contribution in [1.82, 2.24) is 5.32 Å². The fourth-order valence-corrected chi connectivity index (χ4v) is 2.14. The Hall–Kier alpha value is -0.770. The molecule has 0 aliphatic carbocycles. The van der Waals surface area contributed by atoms with Crippen LogP contribution >= 0.6 is 11.6 Å². The second-order valence-electron chi connectivity index (χ2n) is 5.22. The number of nitrogens with one attached hydrogen (secondary N) is 1. The van der Waals surface area contributed by atoms with Gasteiger partial charge in [0.15, 0.2) is 0 Å². The summed E-state index contributed by atoms with van der Waals surface area (Å²) in [7, 11) is 3.82. The first-order valence-corrected chi connectivity index (χ1v) is 7.07. The standard InChI is InChI=1S/C15H25ClN2O/c1-11(2)17-9-13-8-14(16)6-7-15(13)18(4)12(3)10-19-5/h6-8,11-12,17H,9-10H2,1-5H3. The fourth-order valence-electron chi connectivity index (χ4n) is 1.94. The molecule has 4 heteroatoms. The first-order valence-electron chi connectivity index (χ1n) is 6.69. The lowest BCUT2D eigenvalue weighted by atomic mass is 10.1. The van der Waals surface area contributed by atoms with Crippen molar-refractivity contribution in [2.75, 3.05) is 25.7 Å². The summed E-state index contributed by atoms with van der Waals surface area (Å²) in [5.41, 5.74) is 2.41. The second-order valence-corrected chi connectivity index (χ2v) is 5.66. The molecule has 1 aromatic carbocycles. The Morgan fingerprint density at radius 2 is 2.00 bits per heavy atom. The van der Waals surface area contributed by atoms with E-state index in [2.05, 4.69) is 44.1 Å². The van der Waals surface area contributed by atoms with E-state index in [1.807, 2.05) is 12.1 Å². The number of anilines is 1. The monoisotopic (exact) mass is 284 g/mol. The van der Waals surface area contributed by atoms with Gasteiger partial charge in [0.25, 0.3) is 0 Å². The number of likely N-dealkylation sites (N-methyl/N-ethyl adjacent to an activating group) is 1. The smallest absolute Gasteiger partial charge is 0.0663 e. The summed E-state index contributed by atoms with van der Waals surface area (Å²) in [5, 5.41) is 4.21. The van der Waals surface area contributed by atoms with E-state index in [0.717, 1.165) is 11.6 Å². The highest BCUT2D eigenvalue weighted by Gasteiger charge is 2.14. The molecular weight excluding hydrogens is 260 g/mol. The van der Waals surface area contributed by atoms with E-state index < -0.39 is 0 Å². The maximum Gasteiger partial charge on any atom is 0.0663 e. The predicted molar refractivity (Wildman–Crippen MR) is 83.2 cm³/mol. The van der Waals surface area contributed by atoms with Gasteiger partial charge in [-0.3, -0.25) is 0 Å². The molecule has 0 saturated heterocycles. The van der Waals surface area contributed by atoms with Gasteiger partial charge in [0.2, 0.25) is 0 Å². The van der Waals surface area contributed by atoms with Crippen molar-refractivity contribution in [2.45, 2.75) is 39.4 Å². The van der Waals surface area contributed by atoms with Crippen molar-refractivity contribution in [1.29, 1.82) is 0 Å². The van der Waals surface area contributed by atoms with Crippen LogP contribution in [0.2, 0.25) is 5.02 Å². The molecule has 0 bridgehead atoms. The third-order valence-corrected chi connectivity index (χ3v) is 3.43. The van der Waals surface area contributed by atoms with Gasteiger partial charge in [-0.05, 0) is 30.7 Å². The van der Waals surface area contributed by atoms with E-state index in [1.54, 1.807) is 7.11 Å². The van der Waals surface area contributed by atoms with Gasteiger partial charge in [-0.1, -0.05) is 25.4 Å². The Bertz CT molecular complexity index is 396. The van der Waals surface area contributed by atoms with Crippen molar-refractivity contribution in [3.8, 4) is 0 Å². The molecule has 0 amide bonds. The Morgan fingerprint density at radius 3 is 2.58 bits per heavy atom. The third kappa shape index (κ3) is 5.01. The van der Waals surface area contributed by atoms with Crippen LogP contribution in [0.15, 0.2) is 18.2 Å². The van der Waals surface area contributed by atoms with E-state index in [1.165, 1.54) is 11.3 Å². The van der Waals surface area contributed by atoms with Crippen molar-refractivity contribution >= 4 is 17.3 Å². The van der Waals surface area contributed by atoms with Crippen molar-refractivity contribution < 1.29 is 4.74 Å². The van der Waals surface area contributed by atoms with Gasteiger partial charge >= 0.3 is 0 Å².